The van der Waals surface area contributed by atoms with Crippen molar-refractivity contribution < 1.29 is 103 Å². The molecular weight excluding hydrogens is 537 g/mol. The summed E-state index contributed by atoms with van der Waals surface area (Å²) in [5.41, 5.74) is 0. The minimum Gasteiger partial charge on any atom is -0.550 e. The fraction of sp³-hybridized carbons (Fsp3) is 0.500. The Hall–Kier alpha value is -2.18. The van der Waals surface area contributed by atoms with Crippen molar-refractivity contribution >= 4 is 59.1 Å². The van der Waals surface area contributed by atoms with Crippen LogP contribution in [-0.2, 0) is 66.8 Å². The maximum atomic E-state index is 8.89. The first kappa shape index (κ1) is 63.0. The molecule has 0 bridgehead atoms. The third-order valence-electron chi connectivity index (χ3n) is 0. The van der Waals surface area contributed by atoms with Crippen molar-refractivity contribution in [2.45, 2.75) is 48.5 Å². The van der Waals surface area contributed by atoms with E-state index < -0.39 is 41.8 Å². The summed E-state index contributed by atoms with van der Waals surface area (Å²) in [5.74, 6) is -7.58. The van der Waals surface area contributed by atoms with Gasteiger partial charge >= 0.3 is 50.6 Å². The summed E-state index contributed by atoms with van der Waals surface area (Å²) in [6.45, 7) is 6.81. The molecule has 1 radical (unpaired) electrons. The molecule has 0 amide bonds. The van der Waals surface area contributed by atoms with Crippen LogP contribution in [0, 0.1) is 0 Å². The van der Waals surface area contributed by atoms with E-state index in [2.05, 4.69) is 0 Å². The Labute approximate surface area is 209 Å². The van der Waals surface area contributed by atoms with Crippen molar-refractivity contribution in [2.24, 2.45) is 0 Å². The molecule has 0 aromatic heterocycles. The number of hydrogen-bond acceptors (Lipinski definition) is 14. The van der Waals surface area contributed by atoms with Gasteiger partial charge in [-0.1, -0.05) is 0 Å². The predicted molar refractivity (Wildman–Crippen MR) is 80.5 cm³/mol. The van der Waals surface area contributed by atoms with Crippen LogP contribution in [0.3, 0.4) is 0 Å². The zero-order valence-corrected chi connectivity index (χ0v) is 20.6. The van der Waals surface area contributed by atoms with Gasteiger partial charge in [0.05, 0.1) is 0 Å². The molecule has 0 aliphatic rings. The summed E-state index contributed by atoms with van der Waals surface area (Å²) in [6, 6.07) is 0. The molecule has 0 heterocycles. The van der Waals surface area contributed by atoms with E-state index in [0.29, 0.717) is 0 Å². The topological polar surface area (TPSA) is 281 Å². The summed E-state index contributed by atoms with van der Waals surface area (Å²) in [5, 5.41) is 62.2. The van der Waals surface area contributed by atoms with Gasteiger partial charge in [-0.25, -0.2) is 0 Å². The van der Waals surface area contributed by atoms with E-state index in [9.17, 15) is 0 Å². The van der Waals surface area contributed by atoms with E-state index in [1.54, 1.807) is 0 Å². The normalized spacial score (nSPS) is 5.65. The van der Waals surface area contributed by atoms with Gasteiger partial charge in [-0.05, 0) is 48.5 Å². The van der Waals surface area contributed by atoms with Gasteiger partial charge in [0.1, 0.15) is 0 Å². The molecule has 0 aromatic rings. The van der Waals surface area contributed by atoms with Gasteiger partial charge in [-0.2, -0.15) is 0 Å². The Bertz CT molecular complexity index is 326. The third-order valence-corrected chi connectivity index (χ3v) is 0. The summed E-state index contributed by atoms with van der Waals surface area (Å²) in [7, 11) is 0. The Morgan fingerprint density at radius 2 is 0.355 bits per heavy atom. The van der Waals surface area contributed by atoms with Crippen LogP contribution in [-0.4, -0.2) is 59.1 Å². The van der Waals surface area contributed by atoms with Crippen molar-refractivity contribution in [2.75, 3.05) is 0 Å². The van der Waals surface area contributed by atoms with Gasteiger partial charge in [-0.15, -0.1) is 0 Å². The number of rotatable bonds is 0. The molecule has 0 spiro atoms. The minimum atomic E-state index is -1.08. The smallest absolute Gasteiger partial charge is 0.550 e. The molecule has 0 aliphatic heterocycles. The minimum absolute atomic E-state index is 0. The van der Waals surface area contributed by atoms with Crippen molar-refractivity contribution in [3.05, 3.63) is 0 Å². The largest absolute Gasteiger partial charge is 3.00 e. The van der Waals surface area contributed by atoms with Crippen LogP contribution < -0.4 is 35.7 Å². The fourth-order valence-corrected chi connectivity index (χ4v) is 0. The molecule has 0 saturated carbocycles. The van der Waals surface area contributed by atoms with Gasteiger partial charge in [0.25, 0.3) is 0 Å². The van der Waals surface area contributed by atoms with Crippen molar-refractivity contribution in [3.63, 3.8) is 0 Å². The quantitative estimate of drug-likeness (QED) is 0.250. The molecule has 0 saturated heterocycles. The average molecular weight is 558 g/mol. The van der Waals surface area contributed by atoms with Crippen LogP contribution in [0.5, 0.6) is 0 Å². The number of carbonyl (C=O) groups excluding carboxylic acids is 7. The van der Waals surface area contributed by atoms with E-state index in [-0.39, 0.29) is 50.6 Å². The Morgan fingerprint density at radius 3 is 0.355 bits per heavy atom. The zero-order valence-electron chi connectivity index (χ0n) is 17.4. The second-order valence-corrected chi connectivity index (χ2v) is 3.44. The van der Waals surface area contributed by atoms with Crippen molar-refractivity contribution in [3.8, 4) is 0 Å². The van der Waals surface area contributed by atoms with E-state index >= 15 is 0 Å². The first-order valence-electron chi connectivity index (χ1n) is 6.36. The summed E-state index contributed by atoms with van der Waals surface area (Å²) < 4.78 is 0. The van der Waals surface area contributed by atoms with E-state index in [1.165, 1.54) is 0 Å². The maximum absolute atomic E-state index is 8.89. The van der Waals surface area contributed by atoms with Crippen LogP contribution in [0.4, 0.5) is 0 Å². The average Bonchev–Trinajstić information content (AvgIpc) is 2.20. The Kier molecular flexibility index (Phi) is 115. The molecular formula is C14H21AlCoNiO14. The number of hydrogen-bond donors (Lipinski definition) is 0. The molecule has 31 heavy (non-hydrogen) atoms. The molecule has 0 aliphatic carbocycles. The summed E-state index contributed by atoms with van der Waals surface area (Å²) in [6.07, 6.45) is 0. The van der Waals surface area contributed by atoms with Gasteiger partial charge < -0.3 is 69.3 Å². The second kappa shape index (κ2) is 56.5. The van der Waals surface area contributed by atoms with E-state index in [0.717, 1.165) is 48.5 Å². The van der Waals surface area contributed by atoms with Crippen LogP contribution in [0.25, 0.3) is 0 Å². The number of carbonyl (C=O) groups is 7. The monoisotopic (exact) mass is 557 g/mol. The molecule has 14 nitrogen and oxygen atoms in total. The van der Waals surface area contributed by atoms with Gasteiger partial charge in [0.2, 0.25) is 0 Å². The molecule has 0 fully saturated rings. The van der Waals surface area contributed by atoms with Crippen LogP contribution >= 0.6 is 0 Å². The van der Waals surface area contributed by atoms with Crippen molar-refractivity contribution in [1.82, 2.24) is 0 Å². The maximum Gasteiger partial charge on any atom is 3.00 e. The molecule has 183 valence electrons. The second-order valence-electron chi connectivity index (χ2n) is 3.44. The molecule has 17 heteroatoms. The van der Waals surface area contributed by atoms with Crippen LogP contribution in [0.2, 0.25) is 0 Å². The number of aliphatic carboxylic acids is 7. The zero-order chi connectivity index (χ0) is 25.0. The standard InChI is InChI=1S/7C2H4O2.Al.Co.Ni/c7*1-2(3)4;;;/h7*1H3,(H,3,4);;;/q;;;;;;;+3;2*+2/p-7. The first-order valence-corrected chi connectivity index (χ1v) is 6.36. The molecule has 0 rings (SSSR count). The molecule has 0 N–H and O–H groups in total. The molecule has 0 atom stereocenters. The Morgan fingerprint density at radius 1 is 0.355 bits per heavy atom. The number of carboxylic acid groups (broad SMARTS) is 7. The van der Waals surface area contributed by atoms with Crippen molar-refractivity contribution in [1.29, 1.82) is 0 Å². The van der Waals surface area contributed by atoms with Gasteiger partial charge in [-0.3, -0.25) is 0 Å². The van der Waals surface area contributed by atoms with Gasteiger partial charge in [0, 0.05) is 41.8 Å². The SMILES string of the molecule is CC(=O)[O-].CC(=O)[O-].CC(=O)[O-].CC(=O)[O-].CC(=O)[O-].CC(=O)[O-].CC(=O)[O-].[Al+3].[Co+2].[Ni+2]. The predicted octanol–water partition coefficient (Wildman–Crippen LogP) is -9.09. The summed E-state index contributed by atoms with van der Waals surface area (Å²) >= 11 is 0. The number of carboxylic acids is 7. The van der Waals surface area contributed by atoms with E-state index in [4.69, 9.17) is 69.3 Å². The van der Waals surface area contributed by atoms with Gasteiger partial charge in [0.15, 0.2) is 0 Å². The Balaban J connectivity index is -0.0000000204. The van der Waals surface area contributed by atoms with Crippen LogP contribution in [0.1, 0.15) is 48.5 Å². The molecule has 0 aromatic carbocycles. The first-order chi connectivity index (χ1) is 12.1. The van der Waals surface area contributed by atoms with E-state index in [1.807, 2.05) is 0 Å². The molecule has 0 unspecified atom stereocenters. The third kappa shape index (κ3) is 3910. The summed E-state index contributed by atoms with van der Waals surface area (Å²) in [4.78, 5) is 62.2. The fourth-order valence-electron chi connectivity index (χ4n) is 0. The van der Waals surface area contributed by atoms with Crippen LogP contribution in [0.15, 0.2) is 0 Å².